The van der Waals surface area contributed by atoms with Gasteiger partial charge < -0.3 is 9.47 Å². The molecule has 1 atom stereocenters. The summed E-state index contributed by atoms with van der Waals surface area (Å²) >= 11 is 6.05. The van der Waals surface area contributed by atoms with Crippen LogP contribution in [0.5, 0.6) is 5.75 Å². The third-order valence-corrected chi connectivity index (χ3v) is 4.25. The second-order valence-electron chi connectivity index (χ2n) is 5.94. The lowest BCUT2D eigenvalue weighted by atomic mass is 10.1. The molecule has 28 heavy (non-hydrogen) atoms. The van der Waals surface area contributed by atoms with Crippen LogP contribution in [0, 0.1) is 0 Å². The highest BCUT2D eigenvalue weighted by molar-refractivity contribution is 6.32. The molecule has 1 heterocycles. The zero-order chi connectivity index (χ0) is 20.3. The zero-order valence-electron chi connectivity index (χ0n) is 15.1. The first-order valence-electron chi connectivity index (χ1n) is 8.37. The molecule has 0 bridgehead atoms. The number of benzene rings is 2. The van der Waals surface area contributed by atoms with E-state index in [0.717, 1.165) is 5.01 Å². The van der Waals surface area contributed by atoms with Gasteiger partial charge in [0.2, 0.25) is 0 Å². The van der Waals surface area contributed by atoms with Crippen molar-refractivity contribution >= 4 is 41.1 Å². The highest BCUT2D eigenvalue weighted by Crippen LogP contribution is 2.28. The molecule has 1 fully saturated rings. The quantitative estimate of drug-likeness (QED) is 0.474. The maximum Gasteiger partial charge on any atom is 0.346 e. The third kappa shape index (κ3) is 3.99. The number of nitrogens with one attached hydrogen (secondary N) is 1. The second kappa shape index (κ2) is 8.14. The molecule has 1 saturated heterocycles. The van der Waals surface area contributed by atoms with Gasteiger partial charge >= 0.3 is 5.97 Å². The van der Waals surface area contributed by atoms with Gasteiger partial charge in [0.15, 0.2) is 6.10 Å². The van der Waals surface area contributed by atoms with Gasteiger partial charge in [-0.1, -0.05) is 29.8 Å². The highest BCUT2D eigenvalue weighted by Gasteiger charge is 2.34. The largest absolute Gasteiger partial charge is 0.478 e. The number of amides is 2. The Morgan fingerprint density at radius 1 is 1.18 bits per heavy atom. The Labute approximate surface area is 166 Å². The summed E-state index contributed by atoms with van der Waals surface area (Å²) in [6.45, 7) is 1.53. The Morgan fingerprint density at radius 3 is 2.57 bits per heavy atom. The predicted octanol–water partition coefficient (Wildman–Crippen LogP) is 2.74. The predicted molar refractivity (Wildman–Crippen MR) is 104 cm³/mol. The lowest BCUT2D eigenvalue weighted by Crippen LogP contribution is -2.35. The minimum Gasteiger partial charge on any atom is -0.478 e. The van der Waals surface area contributed by atoms with Crippen LogP contribution in [0.4, 0.5) is 5.69 Å². The molecule has 1 unspecified atom stereocenters. The van der Waals surface area contributed by atoms with Gasteiger partial charge in [-0.3, -0.25) is 15.0 Å². The summed E-state index contributed by atoms with van der Waals surface area (Å²) in [5.74, 6) is -1.34. The minimum absolute atomic E-state index is 0.0818. The number of anilines is 1. The first-order chi connectivity index (χ1) is 13.4. The maximum atomic E-state index is 12.7. The van der Waals surface area contributed by atoms with Crippen molar-refractivity contribution in [2.24, 2.45) is 0 Å². The summed E-state index contributed by atoms with van der Waals surface area (Å²) < 4.78 is 10.3. The standard InChI is InChI=1S/C20H17ClN2O5/c1-12(20(26)27-2)28-17-9-8-14(21)10-13(17)11-16-18(24)22-23(19(16)25)15-6-4-3-5-7-15/h3-12H,1-2H3,(H,22,24). The molecule has 144 valence electrons. The highest BCUT2D eigenvalue weighted by atomic mass is 35.5. The Balaban J connectivity index is 1.94. The van der Waals surface area contributed by atoms with Crippen LogP contribution in [-0.2, 0) is 19.1 Å². The summed E-state index contributed by atoms with van der Waals surface area (Å²) in [4.78, 5) is 36.7. The van der Waals surface area contributed by atoms with E-state index in [1.165, 1.54) is 20.1 Å². The molecule has 7 nitrogen and oxygen atoms in total. The molecule has 3 rings (SSSR count). The fraction of sp³-hybridized carbons (Fsp3) is 0.150. The second-order valence-corrected chi connectivity index (χ2v) is 6.38. The topological polar surface area (TPSA) is 84.9 Å². The molecule has 2 aromatic carbocycles. The van der Waals surface area contributed by atoms with Crippen molar-refractivity contribution in [3.63, 3.8) is 0 Å². The van der Waals surface area contributed by atoms with Gasteiger partial charge in [-0.2, -0.15) is 0 Å². The average molecular weight is 401 g/mol. The lowest BCUT2D eigenvalue weighted by Gasteiger charge is -2.15. The van der Waals surface area contributed by atoms with Gasteiger partial charge in [-0.05, 0) is 43.3 Å². The van der Waals surface area contributed by atoms with E-state index >= 15 is 0 Å². The average Bonchev–Trinajstić information content (AvgIpc) is 2.98. The minimum atomic E-state index is -0.878. The van der Waals surface area contributed by atoms with Gasteiger partial charge in [-0.15, -0.1) is 0 Å². The third-order valence-electron chi connectivity index (χ3n) is 4.01. The summed E-state index contributed by atoms with van der Waals surface area (Å²) in [5, 5.41) is 1.55. The van der Waals surface area contributed by atoms with Crippen LogP contribution in [-0.4, -0.2) is 31.0 Å². The first kappa shape index (κ1) is 19.4. The number of esters is 1. The van der Waals surface area contributed by atoms with E-state index in [-0.39, 0.29) is 11.3 Å². The van der Waals surface area contributed by atoms with Crippen molar-refractivity contribution in [2.45, 2.75) is 13.0 Å². The van der Waals surface area contributed by atoms with Crippen LogP contribution in [0.15, 0.2) is 54.1 Å². The van der Waals surface area contributed by atoms with Crippen LogP contribution in [0.2, 0.25) is 5.02 Å². The molecule has 2 aromatic rings. The Morgan fingerprint density at radius 2 is 1.89 bits per heavy atom. The first-order valence-corrected chi connectivity index (χ1v) is 8.74. The van der Waals surface area contributed by atoms with Crippen LogP contribution in [0.25, 0.3) is 6.08 Å². The summed E-state index contributed by atoms with van der Waals surface area (Å²) in [5.41, 5.74) is 3.36. The number of nitrogens with zero attached hydrogens (tertiary/aromatic N) is 1. The van der Waals surface area contributed by atoms with E-state index in [1.54, 1.807) is 48.5 Å². The monoisotopic (exact) mass is 400 g/mol. The van der Waals surface area contributed by atoms with Crippen molar-refractivity contribution in [1.29, 1.82) is 0 Å². The maximum absolute atomic E-state index is 12.7. The Hall–Kier alpha value is -3.32. The summed E-state index contributed by atoms with van der Waals surface area (Å²) in [6.07, 6.45) is 0.503. The smallest absolute Gasteiger partial charge is 0.346 e. The molecule has 1 aliphatic heterocycles. The number of ether oxygens (including phenoxy) is 2. The molecule has 0 aliphatic carbocycles. The van der Waals surface area contributed by atoms with Crippen molar-refractivity contribution in [3.05, 3.63) is 64.7 Å². The number of carbonyl (C=O) groups is 3. The number of para-hydroxylation sites is 1. The van der Waals surface area contributed by atoms with Crippen molar-refractivity contribution in [3.8, 4) is 5.75 Å². The van der Waals surface area contributed by atoms with Crippen LogP contribution >= 0.6 is 11.6 Å². The van der Waals surface area contributed by atoms with Gasteiger partial charge in [0.1, 0.15) is 11.3 Å². The molecule has 0 spiro atoms. The van der Waals surface area contributed by atoms with Crippen molar-refractivity contribution < 1.29 is 23.9 Å². The zero-order valence-corrected chi connectivity index (χ0v) is 15.9. The lowest BCUT2D eigenvalue weighted by molar-refractivity contribution is -0.147. The number of hydrogen-bond acceptors (Lipinski definition) is 5. The Kier molecular flexibility index (Phi) is 5.65. The fourth-order valence-corrected chi connectivity index (χ4v) is 2.80. The van der Waals surface area contributed by atoms with Crippen molar-refractivity contribution in [2.75, 3.05) is 12.1 Å². The molecule has 1 N–H and O–H groups in total. The van der Waals surface area contributed by atoms with Crippen molar-refractivity contribution in [1.82, 2.24) is 5.43 Å². The SMILES string of the molecule is COC(=O)C(C)Oc1ccc(Cl)cc1C=C1C(=O)NN(c2ccccc2)C1=O. The van der Waals surface area contributed by atoms with E-state index in [9.17, 15) is 14.4 Å². The van der Waals surface area contributed by atoms with Gasteiger partial charge in [-0.25, -0.2) is 9.80 Å². The van der Waals surface area contributed by atoms with E-state index in [4.69, 9.17) is 16.3 Å². The van der Waals surface area contributed by atoms with Crippen LogP contribution in [0.1, 0.15) is 12.5 Å². The normalized spacial score (nSPS) is 16.1. The molecule has 2 amide bonds. The molecular formula is C20H17ClN2O5. The van der Waals surface area contributed by atoms with E-state index in [0.29, 0.717) is 16.3 Å². The van der Waals surface area contributed by atoms with Crippen LogP contribution < -0.4 is 15.2 Å². The number of halogens is 1. The number of hydrazine groups is 1. The molecule has 8 heteroatoms. The molecule has 0 saturated carbocycles. The summed E-state index contributed by atoms with van der Waals surface area (Å²) in [6, 6.07) is 13.4. The van der Waals surface area contributed by atoms with E-state index < -0.39 is 23.9 Å². The molecule has 0 aromatic heterocycles. The number of rotatable bonds is 5. The van der Waals surface area contributed by atoms with Gasteiger partial charge in [0, 0.05) is 10.6 Å². The van der Waals surface area contributed by atoms with E-state index in [2.05, 4.69) is 10.2 Å². The fourth-order valence-electron chi connectivity index (χ4n) is 2.62. The molecule has 0 radical (unpaired) electrons. The molecular weight excluding hydrogens is 384 g/mol. The van der Waals surface area contributed by atoms with Crippen LogP contribution in [0.3, 0.4) is 0 Å². The Bertz CT molecular complexity index is 958. The van der Waals surface area contributed by atoms with E-state index in [1.807, 2.05) is 0 Å². The number of hydrogen-bond donors (Lipinski definition) is 1. The van der Waals surface area contributed by atoms with Gasteiger partial charge in [0.05, 0.1) is 12.8 Å². The molecule has 1 aliphatic rings. The number of carbonyl (C=O) groups excluding carboxylic acids is 3. The number of methoxy groups -OCH3 is 1. The summed E-state index contributed by atoms with van der Waals surface area (Å²) in [7, 11) is 1.26. The van der Waals surface area contributed by atoms with Gasteiger partial charge in [0.25, 0.3) is 11.8 Å².